The van der Waals surface area contributed by atoms with Gasteiger partial charge in [0, 0.05) is 11.3 Å². The zero-order chi connectivity index (χ0) is 15.6. The minimum atomic E-state index is -1.56. The fourth-order valence-electron chi connectivity index (χ4n) is 2.15. The standard InChI is InChI=1S/C16H16F2N2O/c1-10-4-3-5-12(8-10)20-16(2,15(19)21)13-9-11(17)6-7-14(13)18/h3-9,20H,1-2H3,(H2,19,21). The van der Waals surface area contributed by atoms with Crippen LogP contribution in [0.2, 0.25) is 0 Å². The fourth-order valence-corrected chi connectivity index (χ4v) is 2.15. The third-order valence-electron chi connectivity index (χ3n) is 3.37. The second-order valence-corrected chi connectivity index (χ2v) is 5.11. The van der Waals surface area contributed by atoms with E-state index in [9.17, 15) is 13.6 Å². The van der Waals surface area contributed by atoms with E-state index in [1.807, 2.05) is 13.0 Å². The first-order chi connectivity index (χ1) is 9.83. The number of carbonyl (C=O) groups is 1. The van der Waals surface area contributed by atoms with Gasteiger partial charge in [-0.3, -0.25) is 4.79 Å². The molecule has 0 bridgehead atoms. The van der Waals surface area contributed by atoms with Gasteiger partial charge in [-0.2, -0.15) is 0 Å². The lowest BCUT2D eigenvalue weighted by Gasteiger charge is -2.29. The highest BCUT2D eigenvalue weighted by Crippen LogP contribution is 2.29. The number of rotatable bonds is 4. The van der Waals surface area contributed by atoms with Gasteiger partial charge < -0.3 is 11.1 Å². The Kier molecular flexibility index (Phi) is 3.93. The van der Waals surface area contributed by atoms with E-state index in [0.717, 1.165) is 23.8 Å². The molecule has 0 heterocycles. The molecule has 5 heteroatoms. The van der Waals surface area contributed by atoms with Crippen LogP contribution >= 0.6 is 0 Å². The lowest BCUT2D eigenvalue weighted by atomic mass is 9.90. The van der Waals surface area contributed by atoms with Gasteiger partial charge in [0.15, 0.2) is 0 Å². The Hall–Kier alpha value is -2.43. The van der Waals surface area contributed by atoms with E-state index < -0.39 is 23.1 Å². The van der Waals surface area contributed by atoms with Crippen molar-refractivity contribution in [3.05, 3.63) is 65.2 Å². The Bertz CT molecular complexity index is 688. The number of hydrogen-bond acceptors (Lipinski definition) is 2. The van der Waals surface area contributed by atoms with Crippen LogP contribution in [0.25, 0.3) is 0 Å². The van der Waals surface area contributed by atoms with Gasteiger partial charge in [-0.15, -0.1) is 0 Å². The van der Waals surface area contributed by atoms with Crippen molar-refractivity contribution in [3.63, 3.8) is 0 Å². The minimum Gasteiger partial charge on any atom is -0.368 e. The van der Waals surface area contributed by atoms with Gasteiger partial charge in [-0.25, -0.2) is 8.78 Å². The normalized spacial score (nSPS) is 13.5. The van der Waals surface area contributed by atoms with Crippen molar-refractivity contribution < 1.29 is 13.6 Å². The summed E-state index contributed by atoms with van der Waals surface area (Å²) in [4.78, 5) is 11.8. The monoisotopic (exact) mass is 290 g/mol. The highest BCUT2D eigenvalue weighted by molar-refractivity contribution is 5.89. The Balaban J connectivity index is 2.50. The van der Waals surface area contributed by atoms with Gasteiger partial charge in [-0.05, 0) is 49.7 Å². The fraction of sp³-hybridized carbons (Fsp3) is 0.188. The van der Waals surface area contributed by atoms with E-state index >= 15 is 0 Å². The molecule has 3 nitrogen and oxygen atoms in total. The van der Waals surface area contributed by atoms with E-state index in [-0.39, 0.29) is 5.56 Å². The maximum atomic E-state index is 14.0. The first kappa shape index (κ1) is 15.0. The molecule has 21 heavy (non-hydrogen) atoms. The van der Waals surface area contributed by atoms with Gasteiger partial charge in [0.2, 0.25) is 5.91 Å². The third-order valence-corrected chi connectivity index (χ3v) is 3.37. The van der Waals surface area contributed by atoms with E-state index in [1.165, 1.54) is 6.92 Å². The van der Waals surface area contributed by atoms with Gasteiger partial charge in [0.1, 0.15) is 17.2 Å². The highest BCUT2D eigenvalue weighted by Gasteiger charge is 2.36. The summed E-state index contributed by atoms with van der Waals surface area (Å²) in [5.41, 5.74) is 5.30. The van der Waals surface area contributed by atoms with Crippen LogP contribution in [0, 0.1) is 18.6 Å². The first-order valence-corrected chi connectivity index (χ1v) is 6.43. The van der Waals surface area contributed by atoms with Crippen molar-refractivity contribution in [2.45, 2.75) is 19.4 Å². The van der Waals surface area contributed by atoms with Gasteiger partial charge >= 0.3 is 0 Å². The van der Waals surface area contributed by atoms with Crippen molar-refractivity contribution >= 4 is 11.6 Å². The molecule has 1 atom stereocenters. The molecular weight excluding hydrogens is 274 g/mol. The van der Waals surface area contributed by atoms with Gasteiger partial charge in [-0.1, -0.05) is 12.1 Å². The highest BCUT2D eigenvalue weighted by atomic mass is 19.1. The number of anilines is 1. The predicted molar refractivity (Wildman–Crippen MR) is 77.7 cm³/mol. The molecule has 0 aliphatic rings. The van der Waals surface area contributed by atoms with Crippen LogP contribution in [0.4, 0.5) is 14.5 Å². The number of benzene rings is 2. The number of nitrogens with two attached hydrogens (primary N) is 1. The van der Waals surface area contributed by atoms with Crippen molar-refractivity contribution in [1.82, 2.24) is 0 Å². The molecular formula is C16H16F2N2O. The summed E-state index contributed by atoms with van der Waals surface area (Å²) in [5.74, 6) is -2.13. The molecule has 0 spiro atoms. The van der Waals surface area contributed by atoms with Crippen LogP contribution in [-0.2, 0) is 10.3 Å². The van der Waals surface area contributed by atoms with Crippen LogP contribution in [0.5, 0.6) is 0 Å². The average molecular weight is 290 g/mol. The van der Waals surface area contributed by atoms with Gasteiger partial charge in [0.25, 0.3) is 0 Å². The molecule has 0 fully saturated rings. The van der Waals surface area contributed by atoms with Crippen molar-refractivity contribution in [3.8, 4) is 0 Å². The molecule has 110 valence electrons. The number of halogens is 2. The topological polar surface area (TPSA) is 55.1 Å². The molecule has 2 rings (SSSR count). The van der Waals surface area contributed by atoms with Crippen molar-refractivity contribution in [2.24, 2.45) is 5.73 Å². The lowest BCUT2D eigenvalue weighted by Crippen LogP contribution is -2.46. The summed E-state index contributed by atoms with van der Waals surface area (Å²) in [6, 6.07) is 10.1. The SMILES string of the molecule is Cc1cccc(NC(C)(C(N)=O)c2cc(F)ccc2F)c1. The molecule has 0 aliphatic heterocycles. The molecule has 0 radical (unpaired) electrons. The Morgan fingerprint density at radius 2 is 1.90 bits per heavy atom. The zero-order valence-corrected chi connectivity index (χ0v) is 11.8. The van der Waals surface area contributed by atoms with Crippen molar-refractivity contribution in [1.29, 1.82) is 0 Å². The molecule has 0 aromatic heterocycles. The Labute approximate surface area is 121 Å². The van der Waals surface area contributed by atoms with Crippen LogP contribution in [0.15, 0.2) is 42.5 Å². The Morgan fingerprint density at radius 3 is 2.52 bits per heavy atom. The summed E-state index contributed by atoms with van der Waals surface area (Å²) in [7, 11) is 0. The molecule has 3 N–H and O–H groups in total. The van der Waals surface area contributed by atoms with E-state index in [0.29, 0.717) is 5.69 Å². The summed E-state index contributed by atoms with van der Waals surface area (Å²) >= 11 is 0. The second-order valence-electron chi connectivity index (χ2n) is 5.11. The molecule has 1 amide bonds. The zero-order valence-electron chi connectivity index (χ0n) is 11.8. The van der Waals surface area contributed by atoms with E-state index in [1.54, 1.807) is 18.2 Å². The predicted octanol–water partition coefficient (Wildman–Crippen LogP) is 3.09. The van der Waals surface area contributed by atoms with Gasteiger partial charge in [0.05, 0.1) is 0 Å². The molecule has 0 saturated carbocycles. The number of hydrogen-bond donors (Lipinski definition) is 2. The molecule has 1 unspecified atom stereocenters. The summed E-state index contributed by atoms with van der Waals surface area (Å²) < 4.78 is 27.4. The maximum Gasteiger partial charge on any atom is 0.247 e. The second kappa shape index (κ2) is 5.52. The third kappa shape index (κ3) is 3.02. The van der Waals surface area contributed by atoms with Crippen molar-refractivity contribution in [2.75, 3.05) is 5.32 Å². The number of aryl methyl sites for hydroxylation is 1. The van der Waals surface area contributed by atoms with E-state index in [2.05, 4.69) is 5.32 Å². The Morgan fingerprint density at radius 1 is 1.19 bits per heavy atom. The van der Waals surface area contributed by atoms with Crippen LogP contribution in [-0.4, -0.2) is 5.91 Å². The summed E-state index contributed by atoms with van der Waals surface area (Å²) in [6.45, 7) is 3.31. The number of nitrogens with one attached hydrogen (secondary N) is 1. The molecule has 0 aliphatic carbocycles. The number of amides is 1. The maximum absolute atomic E-state index is 14.0. The lowest BCUT2D eigenvalue weighted by molar-refractivity contribution is -0.122. The number of primary amides is 1. The molecule has 2 aromatic carbocycles. The number of carbonyl (C=O) groups excluding carboxylic acids is 1. The summed E-state index contributed by atoms with van der Waals surface area (Å²) in [5, 5.41) is 2.90. The quantitative estimate of drug-likeness (QED) is 0.909. The van der Waals surface area contributed by atoms with Crippen LogP contribution in [0.1, 0.15) is 18.1 Å². The average Bonchev–Trinajstić information content (AvgIpc) is 2.41. The van der Waals surface area contributed by atoms with E-state index in [4.69, 9.17) is 5.73 Å². The molecule has 0 saturated heterocycles. The van der Waals surface area contributed by atoms with Crippen LogP contribution in [0.3, 0.4) is 0 Å². The summed E-state index contributed by atoms with van der Waals surface area (Å²) in [6.07, 6.45) is 0. The van der Waals surface area contributed by atoms with Crippen LogP contribution < -0.4 is 11.1 Å². The largest absolute Gasteiger partial charge is 0.368 e. The minimum absolute atomic E-state index is 0.128. The smallest absolute Gasteiger partial charge is 0.247 e. The first-order valence-electron chi connectivity index (χ1n) is 6.43. The molecule has 2 aromatic rings.